The van der Waals surface area contributed by atoms with Crippen molar-refractivity contribution >= 4 is 22.6 Å². The number of rotatable bonds is 5. The third-order valence-corrected chi connectivity index (χ3v) is 5.54. The molecule has 1 aliphatic rings. The molecule has 1 atom stereocenters. The second-order valence-corrected chi connectivity index (χ2v) is 7.54. The van der Waals surface area contributed by atoms with Gasteiger partial charge < -0.3 is 14.2 Å². The second kappa shape index (κ2) is 8.31. The van der Waals surface area contributed by atoms with Crippen LogP contribution in [0.1, 0.15) is 24.4 Å². The van der Waals surface area contributed by atoms with Crippen LogP contribution in [0, 0.1) is 0 Å². The van der Waals surface area contributed by atoms with Gasteiger partial charge in [-0.25, -0.2) is 0 Å². The highest BCUT2D eigenvalue weighted by atomic mass is 16.5. The number of amides is 1. The first-order chi connectivity index (χ1) is 16.1. The van der Waals surface area contributed by atoms with Crippen molar-refractivity contribution < 1.29 is 19.0 Å². The number of nitrogens with zero attached hydrogens (tertiary/aromatic N) is 3. The Morgan fingerprint density at radius 1 is 1.03 bits per heavy atom. The minimum Gasteiger partial charge on any atom is -0.497 e. The van der Waals surface area contributed by atoms with Gasteiger partial charge in [0, 0.05) is 12.5 Å². The maximum atomic E-state index is 12.4. The molecule has 3 aromatic carbocycles. The molecule has 5 rings (SSSR count). The Balaban J connectivity index is 1.51. The molecular weight excluding hydrogens is 420 g/mol. The number of fused-ring (bicyclic) bond motifs is 1. The van der Waals surface area contributed by atoms with E-state index in [1.165, 1.54) is 11.9 Å². The normalized spacial score (nSPS) is 15.3. The van der Waals surface area contributed by atoms with Crippen LogP contribution >= 0.6 is 0 Å². The van der Waals surface area contributed by atoms with E-state index >= 15 is 0 Å². The van der Waals surface area contributed by atoms with Crippen LogP contribution in [0.25, 0.3) is 22.0 Å². The predicted molar refractivity (Wildman–Crippen MR) is 124 cm³/mol. The Bertz CT molecular complexity index is 1370. The van der Waals surface area contributed by atoms with Gasteiger partial charge in [-0.15, -0.1) is 5.10 Å². The van der Waals surface area contributed by atoms with E-state index in [1.807, 2.05) is 30.3 Å². The summed E-state index contributed by atoms with van der Waals surface area (Å²) in [6, 6.07) is 21.4. The molecule has 2 heterocycles. The molecule has 8 nitrogen and oxygen atoms in total. The third kappa shape index (κ3) is 3.65. The van der Waals surface area contributed by atoms with E-state index in [0.717, 1.165) is 22.0 Å². The molecule has 0 spiro atoms. The quantitative estimate of drug-likeness (QED) is 0.492. The fraction of sp³-hybridized carbons (Fsp3) is 0.160. The third-order valence-electron chi connectivity index (χ3n) is 5.54. The number of hydrazone groups is 1. The van der Waals surface area contributed by atoms with Gasteiger partial charge in [0.05, 0.1) is 25.5 Å². The highest BCUT2D eigenvalue weighted by Gasteiger charge is 2.36. The molecule has 0 radical (unpaired) electrons. The van der Waals surface area contributed by atoms with E-state index in [9.17, 15) is 4.79 Å². The number of carbonyl (C=O) groups is 1. The van der Waals surface area contributed by atoms with E-state index in [-0.39, 0.29) is 11.8 Å². The van der Waals surface area contributed by atoms with E-state index in [1.54, 1.807) is 32.4 Å². The molecule has 33 heavy (non-hydrogen) atoms. The molecule has 0 saturated carbocycles. The van der Waals surface area contributed by atoms with Gasteiger partial charge in [0.1, 0.15) is 17.2 Å². The molecule has 8 heteroatoms. The average Bonchev–Trinajstić information content (AvgIpc) is 3.51. The number of aromatic amines is 1. The summed E-state index contributed by atoms with van der Waals surface area (Å²) in [5, 5.41) is 15.4. The van der Waals surface area contributed by atoms with Crippen molar-refractivity contribution in [3.05, 3.63) is 78.0 Å². The van der Waals surface area contributed by atoms with Gasteiger partial charge >= 0.3 is 0 Å². The summed E-state index contributed by atoms with van der Waals surface area (Å²) < 4.78 is 17.0. The van der Waals surface area contributed by atoms with Crippen LogP contribution < -0.4 is 9.47 Å². The van der Waals surface area contributed by atoms with Crippen molar-refractivity contribution in [3.63, 3.8) is 0 Å². The zero-order chi connectivity index (χ0) is 22.9. The first-order valence-electron chi connectivity index (χ1n) is 10.4. The summed E-state index contributed by atoms with van der Waals surface area (Å²) in [6.07, 6.45) is -0.799. The zero-order valence-corrected chi connectivity index (χ0v) is 18.4. The molecular formula is C25H22N4O4. The average molecular weight is 442 g/mol. The molecule has 0 aliphatic carbocycles. The van der Waals surface area contributed by atoms with E-state index in [4.69, 9.17) is 14.2 Å². The first kappa shape index (κ1) is 20.6. The zero-order valence-electron chi connectivity index (χ0n) is 18.4. The van der Waals surface area contributed by atoms with Crippen LogP contribution in [0.4, 0.5) is 0 Å². The van der Waals surface area contributed by atoms with Gasteiger partial charge in [-0.2, -0.15) is 10.1 Å². The molecule has 1 amide bonds. The number of aromatic nitrogens is 2. The lowest BCUT2D eigenvalue weighted by atomic mass is 10.0. The van der Waals surface area contributed by atoms with Crippen LogP contribution in [0.3, 0.4) is 0 Å². The van der Waals surface area contributed by atoms with Crippen LogP contribution in [-0.4, -0.2) is 41.2 Å². The standard InChI is InChI=1S/C25H22N4O4/c1-15(30)29-25(20-13-17(31-2)11-12-23(20)32-3)33-24(28-29)22-14-21(26-27-22)19-10-6-8-16-7-4-5-9-18(16)19/h4-14,25H,1-3H3,(H,26,27). The highest BCUT2D eigenvalue weighted by Crippen LogP contribution is 2.38. The van der Waals surface area contributed by atoms with Crippen molar-refractivity contribution in [2.45, 2.75) is 13.2 Å². The molecule has 0 saturated heterocycles. The monoisotopic (exact) mass is 442 g/mol. The minimum atomic E-state index is -0.799. The summed E-state index contributed by atoms with van der Waals surface area (Å²) in [5.74, 6) is 1.17. The smallest absolute Gasteiger partial charge is 0.259 e. The number of benzene rings is 3. The summed E-state index contributed by atoms with van der Waals surface area (Å²) in [6.45, 7) is 1.43. The van der Waals surface area contributed by atoms with Crippen molar-refractivity contribution in [1.29, 1.82) is 0 Å². The predicted octanol–water partition coefficient (Wildman–Crippen LogP) is 4.49. The van der Waals surface area contributed by atoms with Crippen LogP contribution in [0.15, 0.2) is 71.8 Å². The largest absolute Gasteiger partial charge is 0.497 e. The van der Waals surface area contributed by atoms with Crippen molar-refractivity contribution in [1.82, 2.24) is 15.2 Å². The van der Waals surface area contributed by atoms with Gasteiger partial charge in [0.15, 0.2) is 0 Å². The van der Waals surface area contributed by atoms with Crippen molar-refractivity contribution in [2.75, 3.05) is 14.2 Å². The lowest BCUT2D eigenvalue weighted by Crippen LogP contribution is -2.25. The summed E-state index contributed by atoms with van der Waals surface area (Å²) in [7, 11) is 3.14. The summed E-state index contributed by atoms with van der Waals surface area (Å²) in [4.78, 5) is 12.4. The number of carbonyl (C=O) groups excluding carboxylic acids is 1. The summed E-state index contributed by atoms with van der Waals surface area (Å²) >= 11 is 0. The Hall–Kier alpha value is -4.33. The molecule has 1 aromatic heterocycles. The van der Waals surface area contributed by atoms with Gasteiger partial charge in [-0.1, -0.05) is 42.5 Å². The van der Waals surface area contributed by atoms with Crippen LogP contribution in [-0.2, 0) is 9.53 Å². The lowest BCUT2D eigenvalue weighted by molar-refractivity contribution is -0.135. The summed E-state index contributed by atoms with van der Waals surface area (Å²) in [5.41, 5.74) is 2.93. The van der Waals surface area contributed by atoms with E-state index in [0.29, 0.717) is 22.8 Å². The molecule has 1 N–H and O–H groups in total. The lowest BCUT2D eigenvalue weighted by Gasteiger charge is -2.21. The van der Waals surface area contributed by atoms with Crippen LogP contribution in [0.2, 0.25) is 0 Å². The fourth-order valence-corrected chi connectivity index (χ4v) is 3.93. The number of methoxy groups -OCH3 is 2. The van der Waals surface area contributed by atoms with E-state index < -0.39 is 6.23 Å². The Labute approximate surface area is 190 Å². The van der Waals surface area contributed by atoms with Gasteiger partial charge in [-0.05, 0) is 35.0 Å². The Morgan fingerprint density at radius 3 is 2.64 bits per heavy atom. The molecule has 1 unspecified atom stereocenters. The number of hydrogen-bond donors (Lipinski definition) is 1. The Morgan fingerprint density at radius 2 is 1.85 bits per heavy atom. The molecule has 0 bridgehead atoms. The van der Waals surface area contributed by atoms with Crippen LogP contribution in [0.5, 0.6) is 11.5 Å². The topological polar surface area (TPSA) is 89.0 Å². The second-order valence-electron chi connectivity index (χ2n) is 7.54. The molecule has 0 fully saturated rings. The molecule has 1 aliphatic heterocycles. The van der Waals surface area contributed by atoms with Gasteiger partial charge in [-0.3, -0.25) is 9.89 Å². The number of H-pyrrole nitrogens is 1. The van der Waals surface area contributed by atoms with Crippen molar-refractivity contribution in [3.8, 4) is 22.8 Å². The maximum Gasteiger partial charge on any atom is 0.259 e. The molecule has 4 aromatic rings. The van der Waals surface area contributed by atoms with Crippen molar-refractivity contribution in [2.24, 2.45) is 5.10 Å². The molecule has 166 valence electrons. The Kier molecular flexibility index (Phi) is 5.18. The fourth-order valence-electron chi connectivity index (χ4n) is 3.93. The SMILES string of the molecule is COc1ccc(OC)c(C2OC(c3cc(-c4cccc5ccccc45)n[nH]3)=NN2C(C)=O)c1. The number of ether oxygens (including phenoxy) is 3. The van der Waals surface area contributed by atoms with E-state index in [2.05, 4.69) is 33.5 Å². The highest BCUT2D eigenvalue weighted by molar-refractivity contribution is 5.99. The van der Waals surface area contributed by atoms with Gasteiger partial charge in [0.2, 0.25) is 12.1 Å². The minimum absolute atomic E-state index is 0.263. The maximum absolute atomic E-state index is 12.4. The number of hydrogen-bond acceptors (Lipinski definition) is 6. The number of nitrogens with one attached hydrogen (secondary N) is 1. The first-order valence-corrected chi connectivity index (χ1v) is 10.4. The van der Waals surface area contributed by atoms with Gasteiger partial charge in [0.25, 0.3) is 5.90 Å².